The molecule has 0 saturated heterocycles. The van der Waals surface area contributed by atoms with Crippen molar-refractivity contribution in [3.05, 3.63) is 45.9 Å². The summed E-state index contributed by atoms with van der Waals surface area (Å²) >= 11 is 1.82. The molecule has 68 valence electrons. The molecule has 2 heterocycles. The second kappa shape index (κ2) is 3.38. The van der Waals surface area contributed by atoms with E-state index in [2.05, 4.69) is 48.1 Å². The summed E-state index contributed by atoms with van der Waals surface area (Å²) in [5.41, 5.74) is 2.68. The van der Waals surface area contributed by atoms with Crippen LogP contribution in [0.4, 0.5) is 0 Å². The molecule has 0 atom stereocenters. The summed E-state index contributed by atoms with van der Waals surface area (Å²) in [7, 11) is 0. The third kappa shape index (κ3) is 1.68. The van der Waals surface area contributed by atoms with Crippen LogP contribution in [-0.4, -0.2) is 4.57 Å². The Bertz CT molecular complexity index is 365. The molecule has 0 bridgehead atoms. The largest absolute Gasteiger partial charge is 0.344 e. The molecule has 0 saturated carbocycles. The first-order valence-corrected chi connectivity index (χ1v) is 5.30. The summed E-state index contributed by atoms with van der Waals surface area (Å²) in [6, 6.07) is 8.63. The van der Waals surface area contributed by atoms with Crippen molar-refractivity contribution in [2.24, 2.45) is 0 Å². The van der Waals surface area contributed by atoms with Crippen molar-refractivity contribution in [2.75, 3.05) is 0 Å². The lowest BCUT2D eigenvalue weighted by molar-refractivity contribution is 0.759. The van der Waals surface area contributed by atoms with Gasteiger partial charge in [0.1, 0.15) is 0 Å². The van der Waals surface area contributed by atoms with Gasteiger partial charge in [0.2, 0.25) is 0 Å². The maximum Gasteiger partial charge on any atom is 0.0568 e. The van der Waals surface area contributed by atoms with E-state index in [9.17, 15) is 0 Å². The zero-order valence-corrected chi connectivity index (χ0v) is 8.77. The van der Waals surface area contributed by atoms with Gasteiger partial charge >= 0.3 is 0 Å². The van der Waals surface area contributed by atoms with Crippen molar-refractivity contribution in [3.63, 3.8) is 0 Å². The first-order valence-electron chi connectivity index (χ1n) is 4.42. The molecule has 2 aromatic rings. The van der Waals surface area contributed by atoms with Crippen LogP contribution in [0.15, 0.2) is 29.6 Å². The third-order valence-electron chi connectivity index (χ3n) is 2.31. The second-order valence-electron chi connectivity index (χ2n) is 3.28. The van der Waals surface area contributed by atoms with Crippen molar-refractivity contribution < 1.29 is 0 Å². The molecule has 0 aliphatic heterocycles. The Morgan fingerprint density at radius 2 is 1.85 bits per heavy atom. The van der Waals surface area contributed by atoms with Crippen LogP contribution in [0.1, 0.15) is 16.3 Å². The van der Waals surface area contributed by atoms with Crippen LogP contribution < -0.4 is 0 Å². The molecule has 0 unspecified atom stereocenters. The fourth-order valence-corrected chi connectivity index (χ4v) is 2.20. The van der Waals surface area contributed by atoms with Gasteiger partial charge in [-0.1, -0.05) is 6.07 Å². The highest BCUT2D eigenvalue weighted by Gasteiger charge is 2.01. The molecule has 0 N–H and O–H groups in total. The monoisotopic (exact) mass is 191 g/mol. The van der Waals surface area contributed by atoms with Gasteiger partial charge in [-0.25, -0.2) is 0 Å². The van der Waals surface area contributed by atoms with Crippen LogP contribution in [0.2, 0.25) is 0 Å². The normalized spacial score (nSPS) is 10.6. The Labute approximate surface area is 82.6 Å². The maximum atomic E-state index is 2.34. The van der Waals surface area contributed by atoms with Crippen LogP contribution in [0.3, 0.4) is 0 Å². The molecule has 0 aliphatic rings. The molecule has 0 radical (unpaired) electrons. The van der Waals surface area contributed by atoms with E-state index in [0.717, 1.165) is 6.54 Å². The predicted octanol–water partition coefficient (Wildman–Crippen LogP) is 3.21. The van der Waals surface area contributed by atoms with Crippen molar-refractivity contribution >= 4 is 11.3 Å². The number of aryl methyl sites for hydroxylation is 2. The van der Waals surface area contributed by atoms with Gasteiger partial charge < -0.3 is 4.57 Å². The molecule has 0 amide bonds. The summed E-state index contributed by atoms with van der Waals surface area (Å²) in [4.78, 5) is 1.42. The van der Waals surface area contributed by atoms with Gasteiger partial charge in [0.05, 0.1) is 6.54 Å². The van der Waals surface area contributed by atoms with Crippen molar-refractivity contribution in [1.29, 1.82) is 0 Å². The minimum absolute atomic E-state index is 1.02. The Morgan fingerprint density at radius 1 is 1.15 bits per heavy atom. The first kappa shape index (κ1) is 8.57. The van der Waals surface area contributed by atoms with E-state index in [1.807, 2.05) is 11.3 Å². The van der Waals surface area contributed by atoms with Crippen LogP contribution >= 0.6 is 11.3 Å². The smallest absolute Gasteiger partial charge is 0.0568 e. The van der Waals surface area contributed by atoms with Gasteiger partial charge in [0.15, 0.2) is 0 Å². The standard InChI is InChI=1S/C11H13NS/c1-9-5-6-10(2)12(9)8-11-4-3-7-13-11/h3-7H,8H2,1-2H3. The summed E-state index contributed by atoms with van der Waals surface area (Å²) in [5, 5.41) is 2.13. The summed E-state index contributed by atoms with van der Waals surface area (Å²) in [5.74, 6) is 0. The van der Waals surface area contributed by atoms with E-state index in [1.165, 1.54) is 16.3 Å². The number of hydrogen-bond donors (Lipinski definition) is 0. The summed E-state index contributed by atoms with van der Waals surface area (Å²) in [6.45, 7) is 5.32. The van der Waals surface area contributed by atoms with E-state index in [1.54, 1.807) is 0 Å². The number of nitrogens with zero attached hydrogens (tertiary/aromatic N) is 1. The fourth-order valence-electron chi connectivity index (χ4n) is 1.51. The number of thiophene rings is 1. The molecule has 2 heteroatoms. The molecule has 0 fully saturated rings. The molecular formula is C11H13NS. The highest BCUT2D eigenvalue weighted by atomic mass is 32.1. The molecule has 0 spiro atoms. The minimum Gasteiger partial charge on any atom is -0.344 e. The highest BCUT2D eigenvalue weighted by molar-refractivity contribution is 7.09. The van der Waals surface area contributed by atoms with E-state index < -0.39 is 0 Å². The van der Waals surface area contributed by atoms with Crippen LogP contribution in [0.25, 0.3) is 0 Å². The quantitative estimate of drug-likeness (QED) is 0.687. The van der Waals surface area contributed by atoms with Crippen molar-refractivity contribution in [2.45, 2.75) is 20.4 Å². The highest BCUT2D eigenvalue weighted by Crippen LogP contribution is 2.14. The molecule has 2 aromatic heterocycles. The van der Waals surface area contributed by atoms with Gasteiger partial charge in [-0.15, -0.1) is 11.3 Å². The Balaban J connectivity index is 2.27. The van der Waals surface area contributed by atoms with Gasteiger partial charge in [0.25, 0.3) is 0 Å². The Morgan fingerprint density at radius 3 is 2.38 bits per heavy atom. The Kier molecular flexibility index (Phi) is 2.23. The number of aromatic nitrogens is 1. The number of hydrogen-bond acceptors (Lipinski definition) is 1. The van der Waals surface area contributed by atoms with Crippen LogP contribution in [-0.2, 0) is 6.54 Å². The predicted molar refractivity (Wildman–Crippen MR) is 57.3 cm³/mol. The van der Waals surface area contributed by atoms with Gasteiger partial charge in [0, 0.05) is 16.3 Å². The minimum atomic E-state index is 1.02. The average Bonchev–Trinajstić information content (AvgIpc) is 2.70. The lowest BCUT2D eigenvalue weighted by Gasteiger charge is -2.06. The lowest BCUT2D eigenvalue weighted by Crippen LogP contribution is -2.01. The maximum absolute atomic E-state index is 2.34. The lowest BCUT2D eigenvalue weighted by atomic mass is 10.4. The van der Waals surface area contributed by atoms with Crippen molar-refractivity contribution in [3.8, 4) is 0 Å². The number of rotatable bonds is 2. The van der Waals surface area contributed by atoms with Gasteiger partial charge in [-0.05, 0) is 37.4 Å². The molecule has 0 aliphatic carbocycles. The summed E-state index contributed by atoms with van der Waals surface area (Å²) < 4.78 is 2.34. The van der Waals surface area contributed by atoms with E-state index in [0.29, 0.717) is 0 Å². The topological polar surface area (TPSA) is 4.93 Å². The Hall–Kier alpha value is -1.02. The zero-order valence-electron chi connectivity index (χ0n) is 7.95. The van der Waals surface area contributed by atoms with Gasteiger partial charge in [-0.2, -0.15) is 0 Å². The average molecular weight is 191 g/mol. The second-order valence-corrected chi connectivity index (χ2v) is 4.31. The van der Waals surface area contributed by atoms with E-state index >= 15 is 0 Å². The molecule has 0 aromatic carbocycles. The van der Waals surface area contributed by atoms with Crippen LogP contribution in [0.5, 0.6) is 0 Å². The molecule has 1 nitrogen and oxygen atoms in total. The molecular weight excluding hydrogens is 178 g/mol. The first-order chi connectivity index (χ1) is 6.27. The van der Waals surface area contributed by atoms with E-state index in [4.69, 9.17) is 0 Å². The SMILES string of the molecule is Cc1ccc(C)n1Cc1cccs1. The molecule has 2 rings (SSSR count). The molecule has 13 heavy (non-hydrogen) atoms. The van der Waals surface area contributed by atoms with Crippen LogP contribution in [0, 0.1) is 13.8 Å². The van der Waals surface area contributed by atoms with E-state index in [-0.39, 0.29) is 0 Å². The van der Waals surface area contributed by atoms with Gasteiger partial charge in [-0.3, -0.25) is 0 Å². The summed E-state index contributed by atoms with van der Waals surface area (Å²) in [6.07, 6.45) is 0. The van der Waals surface area contributed by atoms with Crippen molar-refractivity contribution in [1.82, 2.24) is 4.57 Å². The third-order valence-corrected chi connectivity index (χ3v) is 3.17. The zero-order chi connectivity index (χ0) is 9.26. The fraction of sp³-hybridized carbons (Fsp3) is 0.273.